The number of phenolic OH excluding ortho intramolecular Hbond substituents is 2. The first-order chi connectivity index (χ1) is 14.0. The van der Waals surface area contributed by atoms with Crippen molar-refractivity contribution in [1.82, 2.24) is 9.78 Å². The van der Waals surface area contributed by atoms with Crippen molar-refractivity contribution >= 4 is 23.2 Å². The summed E-state index contributed by atoms with van der Waals surface area (Å²) in [5.74, 6) is 0.395. The summed E-state index contributed by atoms with van der Waals surface area (Å²) in [4.78, 5) is 0. The summed E-state index contributed by atoms with van der Waals surface area (Å²) in [5.41, 5.74) is 5.24. The van der Waals surface area contributed by atoms with Crippen molar-refractivity contribution in [3.05, 3.63) is 82.3 Å². The highest BCUT2D eigenvalue weighted by Gasteiger charge is 2.21. The van der Waals surface area contributed by atoms with Gasteiger partial charge < -0.3 is 10.2 Å². The fourth-order valence-electron chi connectivity index (χ4n) is 3.38. The minimum Gasteiger partial charge on any atom is -0.508 e. The summed E-state index contributed by atoms with van der Waals surface area (Å²) in [6.45, 7) is 2.07. The lowest BCUT2D eigenvalue weighted by Crippen LogP contribution is -2.01. The van der Waals surface area contributed by atoms with Gasteiger partial charge in [-0.15, -0.1) is 0 Å². The number of rotatable bonds is 4. The van der Waals surface area contributed by atoms with Gasteiger partial charge in [-0.3, -0.25) is 0 Å². The molecule has 2 N–H and O–H groups in total. The predicted molar refractivity (Wildman–Crippen MR) is 117 cm³/mol. The molecule has 0 saturated heterocycles. The lowest BCUT2D eigenvalue weighted by Gasteiger charge is -2.11. The Hall–Kier alpha value is -2.95. The van der Waals surface area contributed by atoms with E-state index in [2.05, 4.69) is 6.92 Å². The maximum atomic E-state index is 9.72. The Morgan fingerprint density at radius 3 is 1.97 bits per heavy atom. The van der Waals surface area contributed by atoms with E-state index in [1.165, 1.54) is 0 Å². The third kappa shape index (κ3) is 3.69. The molecule has 3 aromatic carbocycles. The fraction of sp³-hybridized carbons (Fsp3) is 0.0870. The second-order valence-electron chi connectivity index (χ2n) is 6.63. The van der Waals surface area contributed by atoms with E-state index in [9.17, 15) is 10.2 Å². The number of aromatic nitrogens is 2. The molecule has 4 nitrogen and oxygen atoms in total. The van der Waals surface area contributed by atoms with Crippen LogP contribution in [0.25, 0.3) is 28.2 Å². The number of aromatic hydroxyl groups is 2. The van der Waals surface area contributed by atoms with E-state index < -0.39 is 0 Å². The van der Waals surface area contributed by atoms with Crippen LogP contribution in [-0.2, 0) is 6.42 Å². The van der Waals surface area contributed by atoms with Gasteiger partial charge in [-0.1, -0.05) is 30.1 Å². The Morgan fingerprint density at radius 2 is 1.41 bits per heavy atom. The number of hydrogen-bond donors (Lipinski definition) is 2. The van der Waals surface area contributed by atoms with Crippen LogP contribution in [0, 0.1) is 0 Å². The van der Waals surface area contributed by atoms with Gasteiger partial charge in [0.05, 0.1) is 22.1 Å². The molecule has 146 valence electrons. The van der Waals surface area contributed by atoms with Crippen LogP contribution in [-0.4, -0.2) is 20.0 Å². The zero-order valence-electron chi connectivity index (χ0n) is 15.6. The third-order valence-electron chi connectivity index (χ3n) is 4.76. The van der Waals surface area contributed by atoms with Gasteiger partial charge in [0.15, 0.2) is 0 Å². The van der Waals surface area contributed by atoms with Crippen molar-refractivity contribution in [2.45, 2.75) is 13.3 Å². The lowest BCUT2D eigenvalue weighted by atomic mass is 9.99. The highest BCUT2D eigenvalue weighted by molar-refractivity contribution is 6.35. The second kappa shape index (κ2) is 7.82. The molecule has 6 heteroatoms. The molecule has 0 aliphatic heterocycles. The Balaban J connectivity index is 2.02. The zero-order valence-corrected chi connectivity index (χ0v) is 17.1. The lowest BCUT2D eigenvalue weighted by molar-refractivity contribution is 0.475. The first kappa shape index (κ1) is 19.4. The first-order valence-corrected chi connectivity index (χ1v) is 9.89. The molecule has 1 aromatic heterocycles. The predicted octanol–water partition coefficient (Wildman–Crippen LogP) is 6.49. The average molecular weight is 425 g/mol. The van der Waals surface area contributed by atoms with Crippen LogP contribution in [0.4, 0.5) is 0 Å². The normalized spacial score (nSPS) is 11.0. The summed E-state index contributed by atoms with van der Waals surface area (Å²) in [6, 6.07) is 19.3. The quantitative estimate of drug-likeness (QED) is 0.393. The van der Waals surface area contributed by atoms with E-state index in [-0.39, 0.29) is 11.5 Å². The van der Waals surface area contributed by atoms with Gasteiger partial charge in [-0.2, -0.15) is 5.10 Å². The molecule has 4 rings (SSSR count). The van der Waals surface area contributed by atoms with Gasteiger partial charge in [0.2, 0.25) is 0 Å². The van der Waals surface area contributed by atoms with Crippen molar-refractivity contribution in [2.24, 2.45) is 0 Å². The molecule has 0 spiro atoms. The van der Waals surface area contributed by atoms with Gasteiger partial charge in [0.1, 0.15) is 11.5 Å². The van der Waals surface area contributed by atoms with E-state index in [1.54, 1.807) is 36.4 Å². The summed E-state index contributed by atoms with van der Waals surface area (Å²) >= 11 is 12.6. The number of nitrogens with zero attached hydrogens (tertiary/aromatic N) is 2. The summed E-state index contributed by atoms with van der Waals surface area (Å²) in [5, 5.41) is 25.3. The molecular formula is C23H18Cl2N2O2. The SMILES string of the molecule is CCc1c(-c2ccc(O)cc2)nn(-c2ccc(Cl)cc2Cl)c1-c1ccc(O)cc1. The molecule has 0 aliphatic rings. The van der Waals surface area contributed by atoms with Gasteiger partial charge in [0, 0.05) is 21.7 Å². The number of hydrogen-bond acceptors (Lipinski definition) is 3. The highest BCUT2D eigenvalue weighted by Crippen LogP contribution is 2.37. The molecule has 4 aromatic rings. The van der Waals surface area contributed by atoms with E-state index in [0.717, 1.165) is 34.5 Å². The molecule has 29 heavy (non-hydrogen) atoms. The first-order valence-electron chi connectivity index (χ1n) is 9.14. The fourth-order valence-corrected chi connectivity index (χ4v) is 3.87. The molecular weight excluding hydrogens is 407 g/mol. The molecule has 0 amide bonds. The van der Waals surface area contributed by atoms with Gasteiger partial charge in [0.25, 0.3) is 0 Å². The number of phenols is 2. The van der Waals surface area contributed by atoms with Crippen molar-refractivity contribution in [3.63, 3.8) is 0 Å². The number of halogens is 2. The number of benzene rings is 3. The second-order valence-corrected chi connectivity index (χ2v) is 7.47. The smallest absolute Gasteiger partial charge is 0.115 e. The van der Waals surface area contributed by atoms with Crippen LogP contribution in [0.15, 0.2) is 66.7 Å². The molecule has 1 heterocycles. The largest absolute Gasteiger partial charge is 0.508 e. The van der Waals surface area contributed by atoms with Gasteiger partial charge in [-0.25, -0.2) is 4.68 Å². The Bertz CT molecular complexity index is 1170. The van der Waals surface area contributed by atoms with E-state index >= 15 is 0 Å². The van der Waals surface area contributed by atoms with Crippen LogP contribution in [0.5, 0.6) is 11.5 Å². The maximum Gasteiger partial charge on any atom is 0.115 e. The summed E-state index contributed by atoms with van der Waals surface area (Å²) < 4.78 is 1.81. The Kier molecular flexibility index (Phi) is 5.22. The van der Waals surface area contributed by atoms with Gasteiger partial charge >= 0.3 is 0 Å². The molecule has 0 bridgehead atoms. The van der Waals surface area contributed by atoms with E-state index in [1.807, 2.05) is 35.0 Å². The van der Waals surface area contributed by atoms with Crippen LogP contribution >= 0.6 is 23.2 Å². The minimum absolute atomic E-state index is 0.196. The van der Waals surface area contributed by atoms with Crippen molar-refractivity contribution in [1.29, 1.82) is 0 Å². The topological polar surface area (TPSA) is 58.3 Å². The Labute approximate surface area is 178 Å². The van der Waals surface area contributed by atoms with Crippen molar-refractivity contribution in [3.8, 4) is 39.7 Å². The van der Waals surface area contributed by atoms with E-state index in [0.29, 0.717) is 15.7 Å². The highest BCUT2D eigenvalue weighted by atomic mass is 35.5. The summed E-state index contributed by atoms with van der Waals surface area (Å²) in [6.07, 6.45) is 0.734. The molecule has 0 unspecified atom stereocenters. The van der Waals surface area contributed by atoms with E-state index in [4.69, 9.17) is 28.3 Å². The average Bonchev–Trinajstić information content (AvgIpc) is 3.08. The standard InChI is InChI=1S/C23H18Cl2N2O2/c1-2-19-22(14-3-8-17(28)9-4-14)26-27(21-12-7-16(24)13-20(21)25)23(19)15-5-10-18(29)11-6-15/h3-13,28-29H,2H2,1H3. The van der Waals surface area contributed by atoms with Crippen molar-refractivity contribution in [2.75, 3.05) is 0 Å². The zero-order chi connectivity index (χ0) is 20.5. The van der Waals surface area contributed by atoms with Crippen molar-refractivity contribution < 1.29 is 10.2 Å². The van der Waals surface area contributed by atoms with Crippen LogP contribution in [0.2, 0.25) is 10.0 Å². The molecule has 0 saturated carbocycles. The van der Waals surface area contributed by atoms with Crippen LogP contribution in [0.3, 0.4) is 0 Å². The van der Waals surface area contributed by atoms with Gasteiger partial charge in [-0.05, 0) is 73.2 Å². The molecule has 0 fully saturated rings. The Morgan fingerprint density at radius 1 is 0.828 bits per heavy atom. The van der Waals surface area contributed by atoms with Crippen LogP contribution < -0.4 is 0 Å². The maximum absolute atomic E-state index is 9.72. The molecule has 0 atom stereocenters. The minimum atomic E-state index is 0.196. The third-order valence-corrected chi connectivity index (χ3v) is 5.29. The molecule has 0 aliphatic carbocycles. The van der Waals surface area contributed by atoms with Crippen LogP contribution in [0.1, 0.15) is 12.5 Å². The monoisotopic (exact) mass is 424 g/mol. The molecule has 0 radical (unpaired) electrons. The summed E-state index contributed by atoms with van der Waals surface area (Å²) in [7, 11) is 0.